The Morgan fingerprint density at radius 2 is 1.76 bits per heavy atom. The Morgan fingerprint density at radius 3 is 2.33 bits per heavy atom. The number of ether oxygens (including phenoxy) is 1. The summed E-state index contributed by atoms with van der Waals surface area (Å²) >= 11 is 6.19. The van der Waals surface area contributed by atoms with Crippen LogP contribution in [0, 0.1) is 0 Å². The molecule has 2 aromatic carbocycles. The molecule has 0 saturated carbocycles. The molecule has 176 valence electrons. The maximum atomic E-state index is 13.1. The van der Waals surface area contributed by atoms with Gasteiger partial charge in [-0.3, -0.25) is 9.59 Å². The summed E-state index contributed by atoms with van der Waals surface area (Å²) in [6.07, 6.45) is 0. The quantitative estimate of drug-likeness (QED) is 0.359. The van der Waals surface area contributed by atoms with E-state index in [1.54, 1.807) is 18.2 Å². The van der Waals surface area contributed by atoms with Crippen LogP contribution >= 0.6 is 11.6 Å². The zero-order valence-corrected chi connectivity index (χ0v) is 20.4. The van der Waals surface area contributed by atoms with Gasteiger partial charge in [-0.15, -0.1) is 0 Å². The van der Waals surface area contributed by atoms with Crippen molar-refractivity contribution in [2.75, 3.05) is 52.8 Å². The zero-order chi connectivity index (χ0) is 24.3. The van der Waals surface area contributed by atoms with Crippen molar-refractivity contribution in [3.05, 3.63) is 64.2 Å². The Kier molecular flexibility index (Phi) is 7.66. The predicted octanol–water partition coefficient (Wildman–Crippen LogP) is 3.79. The smallest absolute Gasteiger partial charge is 0.295 e. The molecule has 1 aliphatic heterocycles. The monoisotopic (exact) mass is 471 g/mol. The maximum Gasteiger partial charge on any atom is 0.295 e. The molecule has 1 saturated heterocycles. The Labute approximate surface area is 199 Å². The molecule has 1 aliphatic rings. The zero-order valence-electron chi connectivity index (χ0n) is 19.6. The van der Waals surface area contributed by atoms with Crippen LogP contribution in [0.15, 0.2) is 48.0 Å². The number of likely N-dealkylation sites (tertiary alicyclic amines) is 1. The van der Waals surface area contributed by atoms with E-state index in [2.05, 4.69) is 0 Å². The van der Waals surface area contributed by atoms with Crippen LogP contribution < -0.4 is 9.64 Å². The number of aliphatic hydroxyl groups is 1. The molecule has 3 rings (SSSR count). The van der Waals surface area contributed by atoms with Gasteiger partial charge in [0.2, 0.25) is 0 Å². The number of aliphatic hydroxyl groups excluding tert-OH is 1. The number of hydrogen-bond acceptors (Lipinski definition) is 6. The average Bonchev–Trinajstić information content (AvgIpc) is 3.03. The number of ketones is 1. The minimum Gasteiger partial charge on any atom is -0.507 e. The molecule has 0 bridgehead atoms. The molecule has 1 amide bonds. The first-order chi connectivity index (χ1) is 15.6. The number of likely N-dealkylation sites (N-methyl/N-ethyl adjacent to an activating group) is 1. The molecule has 2 aromatic rings. The molecule has 1 fully saturated rings. The van der Waals surface area contributed by atoms with E-state index in [0.29, 0.717) is 36.0 Å². The van der Waals surface area contributed by atoms with Gasteiger partial charge in [0.15, 0.2) is 0 Å². The first-order valence-corrected chi connectivity index (χ1v) is 11.2. The highest BCUT2D eigenvalue weighted by Gasteiger charge is 2.45. The van der Waals surface area contributed by atoms with E-state index < -0.39 is 17.7 Å². The van der Waals surface area contributed by atoms with Crippen molar-refractivity contribution < 1.29 is 19.4 Å². The van der Waals surface area contributed by atoms with Crippen LogP contribution in [0.25, 0.3) is 5.76 Å². The number of amides is 1. The van der Waals surface area contributed by atoms with Gasteiger partial charge in [0.25, 0.3) is 11.7 Å². The molecule has 8 heteroatoms. The number of carbonyl (C=O) groups is 2. The molecule has 33 heavy (non-hydrogen) atoms. The first-order valence-electron chi connectivity index (χ1n) is 10.8. The highest BCUT2D eigenvalue weighted by Crippen LogP contribution is 2.40. The van der Waals surface area contributed by atoms with E-state index >= 15 is 0 Å². The molecule has 7 nitrogen and oxygen atoms in total. The lowest BCUT2D eigenvalue weighted by molar-refractivity contribution is -0.140. The van der Waals surface area contributed by atoms with E-state index in [-0.39, 0.29) is 11.3 Å². The molecule has 1 unspecified atom stereocenters. The lowest BCUT2D eigenvalue weighted by atomic mass is 9.95. The lowest BCUT2D eigenvalue weighted by Gasteiger charge is -2.27. The number of halogens is 1. The molecule has 0 aromatic heterocycles. The van der Waals surface area contributed by atoms with Gasteiger partial charge in [0, 0.05) is 38.4 Å². The first kappa shape index (κ1) is 24.6. The van der Waals surface area contributed by atoms with E-state index in [9.17, 15) is 14.7 Å². The van der Waals surface area contributed by atoms with E-state index in [1.165, 1.54) is 4.90 Å². The number of anilines is 1. The number of benzene rings is 2. The van der Waals surface area contributed by atoms with Crippen LogP contribution in [0.3, 0.4) is 0 Å². The normalized spacial score (nSPS) is 17.7. The van der Waals surface area contributed by atoms with E-state index in [0.717, 1.165) is 11.3 Å². The highest BCUT2D eigenvalue weighted by molar-refractivity contribution is 6.46. The summed E-state index contributed by atoms with van der Waals surface area (Å²) in [7, 11) is 7.68. The fourth-order valence-electron chi connectivity index (χ4n) is 3.79. The van der Waals surface area contributed by atoms with Crippen LogP contribution in [-0.4, -0.2) is 74.5 Å². The van der Waals surface area contributed by atoms with Crippen LogP contribution in [0.5, 0.6) is 5.75 Å². The van der Waals surface area contributed by atoms with E-state index in [1.807, 2.05) is 69.2 Å². The molecule has 1 atom stereocenters. The second-order valence-electron chi connectivity index (χ2n) is 8.36. The molecule has 1 N–H and O–H groups in total. The van der Waals surface area contributed by atoms with Gasteiger partial charge in [-0.1, -0.05) is 23.7 Å². The molecular weight excluding hydrogens is 442 g/mol. The fraction of sp³-hybridized carbons (Fsp3) is 0.360. The van der Waals surface area contributed by atoms with Gasteiger partial charge in [-0.25, -0.2) is 0 Å². The van der Waals surface area contributed by atoms with Gasteiger partial charge >= 0.3 is 0 Å². The summed E-state index contributed by atoms with van der Waals surface area (Å²) < 4.78 is 5.53. The van der Waals surface area contributed by atoms with E-state index in [4.69, 9.17) is 16.3 Å². The predicted molar refractivity (Wildman–Crippen MR) is 131 cm³/mol. The Balaban J connectivity index is 2.14. The third-order valence-electron chi connectivity index (χ3n) is 5.56. The number of rotatable bonds is 8. The third-order valence-corrected chi connectivity index (χ3v) is 5.87. The number of Topliss-reactive ketones (excluding diaryl/α,β-unsaturated/α-hetero) is 1. The van der Waals surface area contributed by atoms with Gasteiger partial charge in [0.1, 0.15) is 11.5 Å². The van der Waals surface area contributed by atoms with Gasteiger partial charge in [-0.05, 0) is 56.9 Å². The second-order valence-corrected chi connectivity index (χ2v) is 8.77. The van der Waals surface area contributed by atoms with Crippen molar-refractivity contribution in [1.29, 1.82) is 0 Å². The van der Waals surface area contributed by atoms with Crippen molar-refractivity contribution >= 4 is 34.7 Å². The summed E-state index contributed by atoms with van der Waals surface area (Å²) in [6.45, 7) is 3.15. The topological polar surface area (TPSA) is 73.3 Å². The molecule has 0 spiro atoms. The summed E-state index contributed by atoms with van der Waals surface area (Å²) in [5.41, 5.74) is 2.16. The minimum atomic E-state index is -0.708. The molecule has 0 aliphatic carbocycles. The number of carbonyl (C=O) groups excluding carboxylic acids is 2. The maximum absolute atomic E-state index is 13.1. The van der Waals surface area contributed by atoms with Crippen molar-refractivity contribution in [3.63, 3.8) is 0 Å². The van der Waals surface area contributed by atoms with Crippen LogP contribution in [0.2, 0.25) is 5.02 Å². The van der Waals surface area contributed by atoms with Crippen LogP contribution in [0.4, 0.5) is 5.69 Å². The van der Waals surface area contributed by atoms with Crippen molar-refractivity contribution in [1.82, 2.24) is 9.80 Å². The van der Waals surface area contributed by atoms with Gasteiger partial charge < -0.3 is 24.5 Å². The average molecular weight is 472 g/mol. The lowest BCUT2D eigenvalue weighted by Crippen LogP contribution is -2.35. The van der Waals surface area contributed by atoms with Gasteiger partial charge in [0.05, 0.1) is 23.2 Å². The second kappa shape index (κ2) is 10.3. The number of nitrogens with zero attached hydrogens (tertiary/aromatic N) is 3. The summed E-state index contributed by atoms with van der Waals surface area (Å²) in [4.78, 5) is 31.6. The largest absolute Gasteiger partial charge is 0.507 e. The summed E-state index contributed by atoms with van der Waals surface area (Å²) in [5.74, 6) is -1.18. The van der Waals surface area contributed by atoms with Crippen LogP contribution in [0.1, 0.15) is 24.1 Å². The Hall–Kier alpha value is -3.03. The fourth-order valence-corrected chi connectivity index (χ4v) is 3.96. The standard InChI is InChI=1S/C25H30ClN3O4/c1-6-33-20-15-17(9-12-19(20)26)23(30)21-22(16-7-10-18(11-8-16)28(4)5)29(14-13-27(2)3)25(32)24(21)31/h7-12,15,22,30H,6,13-14H2,1-5H3/b23-21-. The molecular formula is C25H30ClN3O4. The Bertz CT molecular complexity index is 1060. The highest BCUT2D eigenvalue weighted by atomic mass is 35.5. The summed E-state index contributed by atoms with van der Waals surface area (Å²) in [5, 5.41) is 11.6. The van der Waals surface area contributed by atoms with Gasteiger partial charge in [-0.2, -0.15) is 0 Å². The summed E-state index contributed by atoms with van der Waals surface area (Å²) in [6, 6.07) is 11.7. The van der Waals surface area contributed by atoms with Crippen molar-refractivity contribution in [2.45, 2.75) is 13.0 Å². The Morgan fingerprint density at radius 1 is 1.09 bits per heavy atom. The molecule has 1 heterocycles. The van der Waals surface area contributed by atoms with Crippen molar-refractivity contribution in [2.24, 2.45) is 0 Å². The SMILES string of the molecule is CCOc1cc(/C(O)=C2/C(=O)C(=O)N(CCN(C)C)C2c2ccc(N(C)C)cc2)ccc1Cl. The molecule has 0 radical (unpaired) electrons. The third kappa shape index (κ3) is 5.15. The van der Waals surface area contributed by atoms with Crippen LogP contribution in [-0.2, 0) is 9.59 Å². The number of hydrogen-bond donors (Lipinski definition) is 1. The van der Waals surface area contributed by atoms with Crippen molar-refractivity contribution in [3.8, 4) is 5.75 Å². The minimum absolute atomic E-state index is 0.0566.